The highest BCUT2D eigenvalue weighted by atomic mass is 16.3. The average Bonchev–Trinajstić information content (AvgIpc) is 1.98. The van der Waals surface area contributed by atoms with Gasteiger partial charge in [-0.25, -0.2) is 0 Å². The van der Waals surface area contributed by atoms with E-state index < -0.39 is 0 Å². The maximum absolute atomic E-state index is 11.2. The SMILES string of the molecule is CN1CCC(=O)[C@@H](CCO)C1. The van der Waals surface area contributed by atoms with E-state index in [4.69, 9.17) is 5.11 Å². The van der Waals surface area contributed by atoms with Gasteiger partial charge in [-0.15, -0.1) is 0 Å². The summed E-state index contributed by atoms with van der Waals surface area (Å²) < 4.78 is 0. The first-order chi connectivity index (χ1) is 5.24. The van der Waals surface area contributed by atoms with E-state index in [1.54, 1.807) is 0 Å². The van der Waals surface area contributed by atoms with Crippen LogP contribution in [0.15, 0.2) is 0 Å². The molecule has 1 atom stereocenters. The van der Waals surface area contributed by atoms with E-state index in [0.717, 1.165) is 13.1 Å². The number of nitrogens with zero attached hydrogens (tertiary/aromatic N) is 1. The number of aliphatic hydroxyl groups is 1. The Morgan fingerprint density at radius 2 is 2.45 bits per heavy atom. The van der Waals surface area contributed by atoms with Gasteiger partial charge < -0.3 is 10.0 Å². The van der Waals surface area contributed by atoms with Crippen molar-refractivity contribution in [3.05, 3.63) is 0 Å². The molecule has 3 nitrogen and oxygen atoms in total. The Morgan fingerprint density at radius 3 is 3.09 bits per heavy atom. The van der Waals surface area contributed by atoms with Crippen LogP contribution in [0.4, 0.5) is 0 Å². The van der Waals surface area contributed by atoms with Crippen molar-refractivity contribution in [2.75, 3.05) is 26.7 Å². The van der Waals surface area contributed by atoms with Crippen LogP contribution in [-0.4, -0.2) is 42.5 Å². The van der Waals surface area contributed by atoms with Crippen LogP contribution in [0.1, 0.15) is 12.8 Å². The first kappa shape index (κ1) is 8.68. The maximum Gasteiger partial charge on any atom is 0.138 e. The number of ketones is 1. The Kier molecular flexibility index (Phi) is 3.02. The van der Waals surface area contributed by atoms with Gasteiger partial charge in [0.2, 0.25) is 0 Å². The van der Waals surface area contributed by atoms with Gasteiger partial charge >= 0.3 is 0 Å². The van der Waals surface area contributed by atoms with Gasteiger partial charge in [0.1, 0.15) is 5.78 Å². The minimum Gasteiger partial charge on any atom is -0.396 e. The third-order valence-electron chi connectivity index (χ3n) is 2.20. The number of Topliss-reactive ketones (excluding diaryl/α,β-unsaturated/α-hetero) is 1. The Labute approximate surface area is 67.0 Å². The topological polar surface area (TPSA) is 40.5 Å². The lowest BCUT2D eigenvalue weighted by molar-refractivity contribution is -0.126. The first-order valence-electron chi connectivity index (χ1n) is 4.06. The zero-order valence-corrected chi connectivity index (χ0v) is 6.92. The quantitative estimate of drug-likeness (QED) is 0.608. The molecular formula is C8H15NO2. The van der Waals surface area contributed by atoms with E-state index in [0.29, 0.717) is 18.6 Å². The minimum absolute atomic E-state index is 0.0822. The third kappa shape index (κ3) is 2.27. The lowest BCUT2D eigenvalue weighted by Gasteiger charge is -2.27. The van der Waals surface area contributed by atoms with Gasteiger partial charge in [0.15, 0.2) is 0 Å². The Balaban J connectivity index is 2.40. The fourth-order valence-electron chi connectivity index (χ4n) is 1.48. The van der Waals surface area contributed by atoms with Crippen molar-refractivity contribution >= 4 is 5.78 Å². The van der Waals surface area contributed by atoms with Crippen molar-refractivity contribution in [3.63, 3.8) is 0 Å². The molecule has 1 rings (SSSR count). The zero-order chi connectivity index (χ0) is 8.27. The summed E-state index contributed by atoms with van der Waals surface area (Å²) in [6.45, 7) is 1.82. The average molecular weight is 157 g/mol. The maximum atomic E-state index is 11.2. The van der Waals surface area contributed by atoms with Crippen molar-refractivity contribution in [1.82, 2.24) is 4.90 Å². The summed E-state index contributed by atoms with van der Waals surface area (Å²) in [6.07, 6.45) is 1.28. The van der Waals surface area contributed by atoms with Crippen LogP contribution >= 0.6 is 0 Å². The van der Waals surface area contributed by atoms with E-state index >= 15 is 0 Å². The predicted octanol–water partition coefficient (Wildman–Crippen LogP) is -0.110. The van der Waals surface area contributed by atoms with Gasteiger partial charge in [-0.1, -0.05) is 0 Å². The summed E-state index contributed by atoms with van der Waals surface area (Å²) in [7, 11) is 2.01. The highest BCUT2D eigenvalue weighted by Gasteiger charge is 2.24. The number of hydrogen-bond acceptors (Lipinski definition) is 3. The molecule has 0 spiro atoms. The van der Waals surface area contributed by atoms with Crippen molar-refractivity contribution in [3.8, 4) is 0 Å². The van der Waals surface area contributed by atoms with Crippen molar-refractivity contribution in [1.29, 1.82) is 0 Å². The van der Waals surface area contributed by atoms with Crippen molar-refractivity contribution in [2.24, 2.45) is 5.92 Å². The van der Waals surface area contributed by atoms with Crippen LogP contribution in [0.3, 0.4) is 0 Å². The number of aliphatic hydroxyl groups excluding tert-OH is 1. The molecule has 0 unspecified atom stereocenters. The Hall–Kier alpha value is -0.410. The Morgan fingerprint density at radius 1 is 1.73 bits per heavy atom. The van der Waals surface area contributed by atoms with E-state index in [2.05, 4.69) is 4.90 Å². The number of carbonyl (C=O) groups excluding carboxylic acids is 1. The molecule has 0 amide bonds. The number of hydrogen-bond donors (Lipinski definition) is 1. The molecule has 0 saturated carbocycles. The third-order valence-corrected chi connectivity index (χ3v) is 2.20. The van der Waals surface area contributed by atoms with Gasteiger partial charge in [-0.2, -0.15) is 0 Å². The van der Waals surface area contributed by atoms with Gasteiger partial charge in [-0.05, 0) is 13.5 Å². The van der Waals surface area contributed by atoms with Crippen LogP contribution in [0.2, 0.25) is 0 Å². The molecule has 1 fully saturated rings. The normalized spacial score (nSPS) is 27.5. The summed E-state index contributed by atoms with van der Waals surface area (Å²) in [6, 6.07) is 0. The summed E-state index contributed by atoms with van der Waals surface area (Å²) in [5.74, 6) is 0.399. The summed E-state index contributed by atoms with van der Waals surface area (Å²) >= 11 is 0. The van der Waals surface area contributed by atoms with E-state index in [-0.39, 0.29) is 12.5 Å². The second kappa shape index (κ2) is 3.83. The predicted molar refractivity (Wildman–Crippen MR) is 42.3 cm³/mol. The number of piperidine rings is 1. The molecule has 3 heteroatoms. The minimum atomic E-state index is 0.0822. The fraction of sp³-hybridized carbons (Fsp3) is 0.875. The molecule has 1 heterocycles. The zero-order valence-electron chi connectivity index (χ0n) is 6.92. The van der Waals surface area contributed by atoms with Gasteiger partial charge in [-0.3, -0.25) is 4.79 Å². The number of likely N-dealkylation sites (tertiary alicyclic amines) is 1. The molecule has 1 N–H and O–H groups in total. The molecule has 1 aliphatic heterocycles. The van der Waals surface area contributed by atoms with E-state index in [1.807, 2.05) is 7.05 Å². The summed E-state index contributed by atoms with van der Waals surface area (Å²) in [5, 5.41) is 8.65. The molecule has 0 aromatic heterocycles. The fourth-order valence-corrected chi connectivity index (χ4v) is 1.48. The van der Waals surface area contributed by atoms with Crippen molar-refractivity contribution in [2.45, 2.75) is 12.8 Å². The standard InChI is InChI=1S/C8H15NO2/c1-9-4-2-8(11)7(6-9)3-5-10/h7,10H,2-6H2,1H3/t7-/m0/s1. The second-order valence-corrected chi connectivity index (χ2v) is 3.19. The molecule has 0 aromatic rings. The molecule has 0 radical (unpaired) electrons. The van der Waals surface area contributed by atoms with Crippen LogP contribution < -0.4 is 0 Å². The molecule has 1 aliphatic rings. The summed E-state index contributed by atoms with van der Waals surface area (Å²) in [4.78, 5) is 13.3. The number of carbonyl (C=O) groups is 1. The van der Waals surface area contributed by atoms with Gasteiger partial charge in [0.25, 0.3) is 0 Å². The van der Waals surface area contributed by atoms with Crippen LogP contribution in [0, 0.1) is 5.92 Å². The van der Waals surface area contributed by atoms with E-state index in [1.165, 1.54) is 0 Å². The van der Waals surface area contributed by atoms with E-state index in [9.17, 15) is 4.79 Å². The van der Waals surface area contributed by atoms with Crippen LogP contribution in [0.25, 0.3) is 0 Å². The molecule has 64 valence electrons. The summed E-state index contributed by atoms with van der Waals surface area (Å²) in [5.41, 5.74) is 0. The molecule has 11 heavy (non-hydrogen) atoms. The van der Waals surface area contributed by atoms with Crippen LogP contribution in [-0.2, 0) is 4.79 Å². The van der Waals surface area contributed by atoms with Crippen molar-refractivity contribution < 1.29 is 9.90 Å². The van der Waals surface area contributed by atoms with Crippen LogP contribution in [0.5, 0.6) is 0 Å². The molecular weight excluding hydrogens is 142 g/mol. The van der Waals surface area contributed by atoms with Gasteiger partial charge in [0, 0.05) is 32.0 Å². The highest BCUT2D eigenvalue weighted by Crippen LogP contribution is 2.13. The molecule has 0 aliphatic carbocycles. The van der Waals surface area contributed by atoms with Gasteiger partial charge in [0.05, 0.1) is 0 Å². The lowest BCUT2D eigenvalue weighted by Crippen LogP contribution is -2.38. The smallest absolute Gasteiger partial charge is 0.138 e. The first-order valence-corrected chi connectivity index (χ1v) is 4.06. The molecule has 0 bridgehead atoms. The number of rotatable bonds is 2. The highest BCUT2D eigenvalue weighted by molar-refractivity contribution is 5.82. The Bertz CT molecular complexity index is 147. The molecule has 1 saturated heterocycles. The second-order valence-electron chi connectivity index (χ2n) is 3.19. The molecule has 0 aromatic carbocycles. The lowest BCUT2D eigenvalue weighted by atomic mass is 9.94. The monoisotopic (exact) mass is 157 g/mol. The largest absolute Gasteiger partial charge is 0.396 e.